The number of aryl methyl sites for hydroxylation is 1. The van der Waals surface area contributed by atoms with Gasteiger partial charge in [-0.3, -0.25) is 0 Å². The molecule has 0 bridgehead atoms. The summed E-state index contributed by atoms with van der Waals surface area (Å²) in [5, 5.41) is 6.89. The lowest BCUT2D eigenvalue weighted by atomic mass is 10.2. The molecule has 1 N–H and O–H groups in total. The van der Waals surface area contributed by atoms with Gasteiger partial charge in [-0.15, -0.1) is 11.3 Å². The van der Waals surface area contributed by atoms with Crippen LogP contribution in [0.1, 0.15) is 23.2 Å². The number of aromatic nitrogens is 1. The van der Waals surface area contributed by atoms with Crippen LogP contribution in [0.25, 0.3) is 0 Å². The quantitative estimate of drug-likeness (QED) is 0.883. The van der Waals surface area contributed by atoms with Crippen LogP contribution in [0.2, 0.25) is 5.02 Å². The fourth-order valence-electron chi connectivity index (χ4n) is 1.70. The van der Waals surface area contributed by atoms with Gasteiger partial charge in [-0.1, -0.05) is 24.6 Å². The molecule has 0 saturated heterocycles. The Bertz CT molecular complexity index is 542. The van der Waals surface area contributed by atoms with E-state index in [1.165, 1.54) is 0 Å². The molecule has 2 aromatic rings. The van der Waals surface area contributed by atoms with E-state index < -0.39 is 0 Å². The number of nitrogens with zero attached hydrogens (tertiary/aromatic N) is 1. The molecule has 1 heterocycles. The second kappa shape index (κ2) is 6.89. The van der Waals surface area contributed by atoms with Crippen LogP contribution in [0, 0.1) is 0 Å². The molecule has 0 spiro atoms. The lowest BCUT2D eigenvalue weighted by Crippen LogP contribution is -2.05. The molecule has 1 aromatic carbocycles. The fourth-order valence-corrected chi connectivity index (χ4v) is 2.69. The van der Waals surface area contributed by atoms with E-state index in [1.54, 1.807) is 11.3 Å². The molecule has 0 fully saturated rings. The Morgan fingerprint density at radius 1 is 1.42 bits per heavy atom. The number of rotatable bonds is 6. The minimum Gasteiger partial charge on any atom is -0.486 e. The summed E-state index contributed by atoms with van der Waals surface area (Å²) in [7, 11) is 1.91. The molecule has 0 atom stereocenters. The second-order valence-corrected chi connectivity index (χ2v) is 5.52. The summed E-state index contributed by atoms with van der Waals surface area (Å²) in [6.07, 6.45) is 0.962. The summed E-state index contributed by atoms with van der Waals surface area (Å²) in [4.78, 5) is 4.46. The molecule has 0 aliphatic rings. The SMILES string of the molecule is CCc1nc(COc2ccc(CNC)cc2Cl)cs1. The Morgan fingerprint density at radius 3 is 2.89 bits per heavy atom. The molecule has 3 nitrogen and oxygen atoms in total. The van der Waals surface area contributed by atoms with Crippen molar-refractivity contribution >= 4 is 22.9 Å². The number of hydrogen-bond acceptors (Lipinski definition) is 4. The van der Waals surface area contributed by atoms with Gasteiger partial charge in [0.25, 0.3) is 0 Å². The van der Waals surface area contributed by atoms with Crippen molar-refractivity contribution in [2.45, 2.75) is 26.5 Å². The van der Waals surface area contributed by atoms with Gasteiger partial charge in [-0.2, -0.15) is 0 Å². The van der Waals surface area contributed by atoms with Gasteiger partial charge in [0.1, 0.15) is 12.4 Å². The Labute approximate surface area is 122 Å². The molecule has 1 aromatic heterocycles. The Kier molecular flexibility index (Phi) is 5.19. The van der Waals surface area contributed by atoms with Crippen molar-refractivity contribution in [3.05, 3.63) is 44.9 Å². The minimum absolute atomic E-state index is 0.460. The van der Waals surface area contributed by atoms with E-state index >= 15 is 0 Å². The molecule has 0 radical (unpaired) electrons. The number of halogens is 1. The fraction of sp³-hybridized carbons (Fsp3) is 0.357. The molecule has 5 heteroatoms. The Balaban J connectivity index is 1.99. The van der Waals surface area contributed by atoms with E-state index in [0.717, 1.165) is 29.2 Å². The van der Waals surface area contributed by atoms with Gasteiger partial charge in [-0.25, -0.2) is 4.98 Å². The van der Waals surface area contributed by atoms with Crippen molar-refractivity contribution in [1.82, 2.24) is 10.3 Å². The lowest BCUT2D eigenvalue weighted by molar-refractivity contribution is 0.302. The van der Waals surface area contributed by atoms with Crippen molar-refractivity contribution < 1.29 is 4.74 Å². The molecule has 102 valence electrons. The monoisotopic (exact) mass is 296 g/mol. The number of nitrogens with one attached hydrogen (secondary N) is 1. The highest BCUT2D eigenvalue weighted by atomic mass is 35.5. The summed E-state index contributed by atoms with van der Waals surface area (Å²) >= 11 is 7.86. The summed E-state index contributed by atoms with van der Waals surface area (Å²) < 4.78 is 5.71. The van der Waals surface area contributed by atoms with Crippen LogP contribution in [-0.4, -0.2) is 12.0 Å². The van der Waals surface area contributed by atoms with Crippen LogP contribution in [0.3, 0.4) is 0 Å². The van der Waals surface area contributed by atoms with E-state index in [-0.39, 0.29) is 0 Å². The highest BCUT2D eigenvalue weighted by Gasteiger charge is 2.05. The summed E-state index contributed by atoms with van der Waals surface area (Å²) in [6.45, 7) is 3.36. The highest BCUT2D eigenvalue weighted by Crippen LogP contribution is 2.26. The molecule has 0 amide bonds. The normalized spacial score (nSPS) is 10.7. The second-order valence-electron chi connectivity index (χ2n) is 4.17. The van der Waals surface area contributed by atoms with E-state index in [2.05, 4.69) is 17.2 Å². The van der Waals surface area contributed by atoms with Crippen LogP contribution in [0.4, 0.5) is 0 Å². The summed E-state index contributed by atoms with van der Waals surface area (Å²) in [5.74, 6) is 0.701. The number of thiazole rings is 1. The van der Waals surface area contributed by atoms with Crippen LogP contribution in [0.5, 0.6) is 5.75 Å². The summed E-state index contributed by atoms with van der Waals surface area (Å²) in [5.41, 5.74) is 2.10. The van der Waals surface area contributed by atoms with Gasteiger partial charge in [0.15, 0.2) is 0 Å². The standard InChI is InChI=1S/C14H17ClN2OS/c1-3-14-17-11(9-19-14)8-18-13-5-4-10(7-16-2)6-12(13)15/h4-6,9,16H,3,7-8H2,1-2H3. The van der Waals surface area contributed by atoms with Crippen molar-refractivity contribution in [3.63, 3.8) is 0 Å². The Morgan fingerprint density at radius 2 is 2.26 bits per heavy atom. The van der Waals surface area contributed by atoms with Gasteiger partial charge in [0.05, 0.1) is 15.7 Å². The van der Waals surface area contributed by atoms with E-state index in [9.17, 15) is 0 Å². The predicted octanol–water partition coefficient (Wildman–Crippen LogP) is 3.66. The molecular formula is C14H17ClN2OS. The first-order valence-corrected chi connectivity index (χ1v) is 7.47. The molecule has 2 rings (SSSR count). The molecule has 0 aliphatic heterocycles. The average molecular weight is 297 g/mol. The maximum Gasteiger partial charge on any atom is 0.138 e. The number of ether oxygens (including phenoxy) is 1. The zero-order chi connectivity index (χ0) is 13.7. The molecule has 19 heavy (non-hydrogen) atoms. The van der Waals surface area contributed by atoms with Gasteiger partial charge in [0.2, 0.25) is 0 Å². The maximum atomic E-state index is 6.19. The predicted molar refractivity (Wildman–Crippen MR) is 80.0 cm³/mol. The van der Waals surface area contributed by atoms with Crippen LogP contribution >= 0.6 is 22.9 Å². The van der Waals surface area contributed by atoms with E-state index in [4.69, 9.17) is 16.3 Å². The minimum atomic E-state index is 0.460. The third-order valence-electron chi connectivity index (χ3n) is 2.65. The first-order valence-electron chi connectivity index (χ1n) is 6.22. The van der Waals surface area contributed by atoms with Crippen molar-refractivity contribution in [1.29, 1.82) is 0 Å². The van der Waals surface area contributed by atoms with E-state index in [0.29, 0.717) is 17.4 Å². The molecule has 0 unspecified atom stereocenters. The van der Waals surface area contributed by atoms with Gasteiger partial charge in [-0.05, 0) is 31.2 Å². The number of hydrogen-bond donors (Lipinski definition) is 1. The maximum absolute atomic E-state index is 6.19. The third kappa shape index (κ3) is 3.93. The van der Waals surface area contributed by atoms with Gasteiger partial charge >= 0.3 is 0 Å². The first kappa shape index (κ1) is 14.3. The average Bonchev–Trinajstić information content (AvgIpc) is 2.86. The molecule has 0 aliphatic carbocycles. The topological polar surface area (TPSA) is 34.1 Å². The smallest absolute Gasteiger partial charge is 0.138 e. The third-order valence-corrected chi connectivity index (χ3v) is 3.99. The lowest BCUT2D eigenvalue weighted by Gasteiger charge is -2.08. The van der Waals surface area contributed by atoms with Crippen molar-refractivity contribution in [2.24, 2.45) is 0 Å². The molecular weight excluding hydrogens is 280 g/mol. The molecule has 0 saturated carbocycles. The zero-order valence-corrected chi connectivity index (χ0v) is 12.6. The van der Waals surface area contributed by atoms with Gasteiger partial charge in [0, 0.05) is 11.9 Å². The van der Waals surface area contributed by atoms with Crippen LogP contribution in [0.15, 0.2) is 23.6 Å². The Hall–Kier alpha value is -1.10. The highest BCUT2D eigenvalue weighted by molar-refractivity contribution is 7.09. The largest absolute Gasteiger partial charge is 0.486 e. The van der Waals surface area contributed by atoms with Gasteiger partial charge < -0.3 is 10.1 Å². The zero-order valence-electron chi connectivity index (χ0n) is 11.1. The van der Waals surface area contributed by atoms with Crippen molar-refractivity contribution in [2.75, 3.05) is 7.05 Å². The number of benzene rings is 1. The van der Waals surface area contributed by atoms with E-state index in [1.807, 2.05) is 30.6 Å². The van der Waals surface area contributed by atoms with Crippen LogP contribution in [-0.2, 0) is 19.6 Å². The summed E-state index contributed by atoms with van der Waals surface area (Å²) in [6, 6.07) is 5.84. The van der Waals surface area contributed by atoms with Crippen LogP contribution < -0.4 is 10.1 Å². The first-order chi connectivity index (χ1) is 9.22. The van der Waals surface area contributed by atoms with Crippen molar-refractivity contribution in [3.8, 4) is 5.75 Å².